The van der Waals surface area contributed by atoms with Crippen LogP contribution in [0.5, 0.6) is 0 Å². The molecule has 61 heavy (non-hydrogen) atoms. The molecule has 0 aromatic carbocycles. The van der Waals surface area contributed by atoms with Crippen LogP contribution in [0.1, 0.15) is 303 Å². The molecule has 0 aliphatic carbocycles. The summed E-state index contributed by atoms with van der Waals surface area (Å²) in [5.74, 6) is -0.869. The molecule has 0 amide bonds. The monoisotopic (exact) mass is 861 g/mol. The summed E-state index contributed by atoms with van der Waals surface area (Å²) in [4.78, 5) is 37.7. The first-order valence-corrected chi connectivity index (χ1v) is 27.2. The number of ether oxygens (including phenoxy) is 3. The normalized spacial score (nSPS) is 12.0. The highest BCUT2D eigenvalue weighted by Gasteiger charge is 2.19. The predicted molar refractivity (Wildman–Crippen MR) is 261 cm³/mol. The van der Waals surface area contributed by atoms with Crippen LogP contribution in [-0.4, -0.2) is 37.2 Å². The van der Waals surface area contributed by atoms with Crippen molar-refractivity contribution < 1.29 is 28.6 Å². The Balaban J connectivity index is 4.07. The molecule has 360 valence electrons. The summed E-state index contributed by atoms with van der Waals surface area (Å²) in [6, 6.07) is 0. The summed E-state index contributed by atoms with van der Waals surface area (Å²) in [5, 5.41) is 0. The molecule has 0 aromatic rings. The minimum Gasteiger partial charge on any atom is -0.462 e. The Kier molecular flexibility index (Phi) is 49.3. The average Bonchev–Trinajstić information content (AvgIpc) is 3.26. The van der Waals surface area contributed by atoms with Gasteiger partial charge in [-0.2, -0.15) is 0 Å². The summed E-state index contributed by atoms with van der Waals surface area (Å²) < 4.78 is 16.7. The molecule has 6 nitrogen and oxygen atoms in total. The van der Waals surface area contributed by atoms with Crippen LogP contribution >= 0.6 is 0 Å². The number of esters is 3. The molecule has 0 saturated heterocycles. The molecule has 0 heterocycles. The molecular weight excluding hydrogens is 757 g/mol. The second-order valence-corrected chi connectivity index (χ2v) is 18.5. The van der Waals surface area contributed by atoms with Crippen molar-refractivity contribution in [2.75, 3.05) is 13.2 Å². The van der Waals surface area contributed by atoms with Crippen molar-refractivity contribution >= 4 is 17.9 Å². The van der Waals surface area contributed by atoms with Crippen LogP contribution in [-0.2, 0) is 28.6 Å². The number of carbonyl (C=O) groups excluding carboxylic acids is 3. The molecule has 1 unspecified atom stereocenters. The van der Waals surface area contributed by atoms with E-state index >= 15 is 0 Å². The fourth-order valence-electron chi connectivity index (χ4n) is 8.14. The largest absolute Gasteiger partial charge is 0.462 e. The van der Waals surface area contributed by atoms with Crippen molar-refractivity contribution in [2.45, 2.75) is 309 Å². The summed E-state index contributed by atoms with van der Waals surface area (Å²) >= 11 is 0. The highest BCUT2D eigenvalue weighted by molar-refractivity contribution is 5.71. The van der Waals surface area contributed by atoms with Crippen LogP contribution in [0.3, 0.4) is 0 Å². The van der Waals surface area contributed by atoms with Crippen LogP contribution in [0.2, 0.25) is 0 Å². The number of rotatable bonds is 50. The molecule has 0 aliphatic rings. The Morgan fingerprint density at radius 3 is 0.820 bits per heavy atom. The Labute approximate surface area is 380 Å². The van der Waals surface area contributed by atoms with E-state index in [1.54, 1.807) is 0 Å². The highest BCUT2D eigenvalue weighted by Crippen LogP contribution is 2.17. The van der Waals surface area contributed by atoms with Crippen molar-refractivity contribution in [2.24, 2.45) is 0 Å². The van der Waals surface area contributed by atoms with E-state index < -0.39 is 6.10 Å². The van der Waals surface area contributed by atoms with Gasteiger partial charge in [0.15, 0.2) is 6.10 Å². The van der Waals surface area contributed by atoms with Crippen molar-refractivity contribution in [3.8, 4) is 0 Å². The van der Waals surface area contributed by atoms with Crippen LogP contribution < -0.4 is 0 Å². The summed E-state index contributed by atoms with van der Waals surface area (Å²) in [6.07, 6.45) is 56.7. The number of hydrogen-bond acceptors (Lipinski definition) is 6. The maximum absolute atomic E-state index is 12.7. The second kappa shape index (κ2) is 50.8. The van der Waals surface area contributed by atoms with E-state index in [-0.39, 0.29) is 31.1 Å². The number of unbranched alkanes of at least 4 members (excludes halogenated alkanes) is 37. The molecule has 0 aromatic heterocycles. The summed E-state index contributed by atoms with van der Waals surface area (Å²) in [5.41, 5.74) is 0. The zero-order valence-electron chi connectivity index (χ0n) is 41.2. The van der Waals surface area contributed by atoms with Gasteiger partial charge in [0.2, 0.25) is 0 Å². The predicted octanol–water partition coefficient (Wildman–Crippen LogP) is 17.8. The smallest absolute Gasteiger partial charge is 0.306 e. The SMILES string of the molecule is CCCCCCCC/C=C\CCCCCCCCCC(=O)OC(COC(=O)CCCCCCC)COC(=O)CCCCCCCCCCCCCCCCCCCCCCC. The minimum atomic E-state index is -0.764. The Bertz CT molecular complexity index is 947. The van der Waals surface area contributed by atoms with Gasteiger partial charge in [0.05, 0.1) is 0 Å². The molecule has 1 atom stereocenters. The lowest BCUT2D eigenvalue weighted by molar-refractivity contribution is -0.167. The van der Waals surface area contributed by atoms with Gasteiger partial charge in [0.1, 0.15) is 13.2 Å². The van der Waals surface area contributed by atoms with E-state index in [0.29, 0.717) is 19.3 Å². The van der Waals surface area contributed by atoms with E-state index in [2.05, 4.69) is 32.9 Å². The molecule has 0 fully saturated rings. The summed E-state index contributed by atoms with van der Waals surface area (Å²) in [7, 11) is 0. The molecule has 0 radical (unpaired) electrons. The molecular formula is C55H104O6. The first-order chi connectivity index (χ1) is 30.0. The lowest BCUT2D eigenvalue weighted by Crippen LogP contribution is -2.30. The Hall–Kier alpha value is -1.85. The zero-order valence-corrected chi connectivity index (χ0v) is 41.2. The molecule has 0 saturated carbocycles. The van der Waals surface area contributed by atoms with Gasteiger partial charge in [-0.3, -0.25) is 14.4 Å². The first-order valence-electron chi connectivity index (χ1n) is 27.2. The maximum Gasteiger partial charge on any atom is 0.306 e. The Morgan fingerprint density at radius 1 is 0.311 bits per heavy atom. The van der Waals surface area contributed by atoms with Gasteiger partial charge in [0, 0.05) is 19.3 Å². The molecule has 0 bridgehead atoms. The van der Waals surface area contributed by atoms with Gasteiger partial charge >= 0.3 is 17.9 Å². The van der Waals surface area contributed by atoms with Crippen molar-refractivity contribution in [3.63, 3.8) is 0 Å². The quantitative estimate of drug-likeness (QED) is 0.0262. The Morgan fingerprint density at radius 2 is 0.541 bits per heavy atom. The maximum atomic E-state index is 12.7. The zero-order chi connectivity index (χ0) is 44.4. The minimum absolute atomic E-state index is 0.0676. The van der Waals surface area contributed by atoms with Crippen molar-refractivity contribution in [1.82, 2.24) is 0 Å². The van der Waals surface area contributed by atoms with Gasteiger partial charge in [-0.25, -0.2) is 0 Å². The third kappa shape index (κ3) is 49.0. The topological polar surface area (TPSA) is 78.9 Å². The van der Waals surface area contributed by atoms with Gasteiger partial charge in [0.25, 0.3) is 0 Å². The fraction of sp³-hybridized carbons (Fsp3) is 0.909. The first kappa shape index (κ1) is 59.1. The van der Waals surface area contributed by atoms with E-state index in [9.17, 15) is 14.4 Å². The molecule has 0 N–H and O–H groups in total. The lowest BCUT2D eigenvalue weighted by atomic mass is 10.0. The van der Waals surface area contributed by atoms with Crippen LogP contribution in [0, 0.1) is 0 Å². The van der Waals surface area contributed by atoms with Crippen LogP contribution in [0.15, 0.2) is 12.2 Å². The van der Waals surface area contributed by atoms with E-state index in [0.717, 1.165) is 64.2 Å². The number of carbonyl (C=O) groups is 3. The van der Waals surface area contributed by atoms with Crippen LogP contribution in [0.25, 0.3) is 0 Å². The molecule has 0 rings (SSSR count). The van der Waals surface area contributed by atoms with E-state index in [4.69, 9.17) is 14.2 Å². The lowest BCUT2D eigenvalue weighted by Gasteiger charge is -2.18. The highest BCUT2D eigenvalue weighted by atomic mass is 16.6. The van der Waals surface area contributed by atoms with Gasteiger partial charge in [-0.15, -0.1) is 0 Å². The van der Waals surface area contributed by atoms with E-state index in [1.807, 2.05) is 0 Å². The summed E-state index contributed by atoms with van der Waals surface area (Å²) in [6.45, 7) is 6.59. The van der Waals surface area contributed by atoms with E-state index in [1.165, 1.54) is 199 Å². The number of allylic oxidation sites excluding steroid dienone is 2. The average molecular weight is 861 g/mol. The number of hydrogen-bond donors (Lipinski definition) is 0. The third-order valence-electron chi connectivity index (χ3n) is 12.3. The van der Waals surface area contributed by atoms with Gasteiger partial charge < -0.3 is 14.2 Å². The fourth-order valence-corrected chi connectivity index (χ4v) is 8.14. The van der Waals surface area contributed by atoms with Crippen LogP contribution in [0.4, 0.5) is 0 Å². The molecule has 6 heteroatoms. The van der Waals surface area contributed by atoms with Gasteiger partial charge in [-0.05, 0) is 44.9 Å². The second-order valence-electron chi connectivity index (χ2n) is 18.5. The molecule has 0 aliphatic heterocycles. The molecule has 0 spiro atoms. The van der Waals surface area contributed by atoms with Crippen molar-refractivity contribution in [3.05, 3.63) is 12.2 Å². The van der Waals surface area contributed by atoms with Crippen molar-refractivity contribution in [1.29, 1.82) is 0 Å². The third-order valence-corrected chi connectivity index (χ3v) is 12.3. The van der Waals surface area contributed by atoms with Gasteiger partial charge in [-0.1, -0.05) is 251 Å². The standard InChI is InChI=1S/C55H104O6/c1-4-7-10-13-15-17-19-21-23-25-26-27-28-30-31-33-35-37-39-42-45-48-54(57)60-51-52(50-59-53(56)47-44-41-12-9-6-3)61-55(58)49-46-43-40-38-36-34-32-29-24-22-20-18-16-14-11-8-5-2/h22,24,52H,4-21,23,25-51H2,1-3H3/b24-22-.